The van der Waals surface area contributed by atoms with Crippen molar-refractivity contribution in [2.24, 2.45) is 0 Å². The van der Waals surface area contributed by atoms with E-state index in [1.807, 2.05) is 61.3 Å². The van der Waals surface area contributed by atoms with Gasteiger partial charge in [-0.2, -0.15) is 4.98 Å². The summed E-state index contributed by atoms with van der Waals surface area (Å²) in [7, 11) is 0. The molecule has 3 heterocycles. The topological polar surface area (TPSA) is 75.0 Å². The Morgan fingerprint density at radius 1 is 1.14 bits per heavy atom. The maximum Gasteiger partial charge on any atom is 0.258 e. The SMILES string of the molecule is Cc1cc(C)cc(N2CC(c3noc(-c4cccc5[nH]ccc45)n3)CC2=O)c1. The van der Waals surface area contributed by atoms with Crippen LogP contribution in [-0.4, -0.2) is 27.6 Å². The minimum absolute atomic E-state index is 0.0729. The molecule has 28 heavy (non-hydrogen) atoms. The minimum Gasteiger partial charge on any atom is -0.361 e. The highest BCUT2D eigenvalue weighted by molar-refractivity contribution is 5.96. The van der Waals surface area contributed by atoms with Crippen molar-refractivity contribution in [3.05, 3.63) is 65.6 Å². The summed E-state index contributed by atoms with van der Waals surface area (Å²) in [5, 5.41) is 5.23. The summed E-state index contributed by atoms with van der Waals surface area (Å²) in [5.41, 5.74) is 5.15. The molecule has 0 spiro atoms. The molecule has 0 radical (unpaired) electrons. The molecule has 1 unspecified atom stereocenters. The van der Waals surface area contributed by atoms with Gasteiger partial charge < -0.3 is 14.4 Å². The number of fused-ring (bicyclic) bond motifs is 1. The van der Waals surface area contributed by atoms with E-state index in [1.54, 1.807) is 0 Å². The van der Waals surface area contributed by atoms with Gasteiger partial charge in [0.25, 0.3) is 5.89 Å². The number of hydrogen-bond acceptors (Lipinski definition) is 4. The zero-order chi connectivity index (χ0) is 19.3. The maximum absolute atomic E-state index is 12.6. The third kappa shape index (κ3) is 2.78. The van der Waals surface area contributed by atoms with Crippen molar-refractivity contribution in [2.45, 2.75) is 26.2 Å². The Bertz CT molecular complexity index is 1170. The van der Waals surface area contributed by atoms with Crippen LogP contribution in [0.15, 0.2) is 53.2 Å². The number of carbonyl (C=O) groups excluding carboxylic acids is 1. The van der Waals surface area contributed by atoms with Crippen LogP contribution in [0, 0.1) is 13.8 Å². The van der Waals surface area contributed by atoms with E-state index in [9.17, 15) is 4.79 Å². The second-order valence-corrected chi connectivity index (χ2v) is 7.45. The molecule has 1 atom stereocenters. The lowest BCUT2D eigenvalue weighted by molar-refractivity contribution is -0.117. The Kier molecular flexibility index (Phi) is 3.79. The fourth-order valence-corrected chi connectivity index (χ4v) is 4.02. The lowest BCUT2D eigenvalue weighted by Crippen LogP contribution is -2.24. The van der Waals surface area contributed by atoms with Crippen LogP contribution in [0.2, 0.25) is 0 Å². The average molecular weight is 372 g/mol. The quantitative estimate of drug-likeness (QED) is 0.580. The minimum atomic E-state index is -0.0729. The van der Waals surface area contributed by atoms with Crippen LogP contribution in [0.5, 0.6) is 0 Å². The van der Waals surface area contributed by atoms with Gasteiger partial charge in [0.05, 0.1) is 0 Å². The Balaban J connectivity index is 1.44. The summed E-state index contributed by atoms with van der Waals surface area (Å²) in [6, 6.07) is 14.1. The summed E-state index contributed by atoms with van der Waals surface area (Å²) in [5.74, 6) is 1.09. The molecule has 1 fully saturated rings. The summed E-state index contributed by atoms with van der Waals surface area (Å²) >= 11 is 0. The zero-order valence-electron chi connectivity index (χ0n) is 15.8. The van der Waals surface area contributed by atoms with Gasteiger partial charge in [-0.25, -0.2) is 0 Å². The van der Waals surface area contributed by atoms with Crippen LogP contribution in [-0.2, 0) is 4.79 Å². The van der Waals surface area contributed by atoms with Gasteiger partial charge in [-0.1, -0.05) is 17.3 Å². The van der Waals surface area contributed by atoms with E-state index in [2.05, 4.69) is 21.2 Å². The van der Waals surface area contributed by atoms with E-state index >= 15 is 0 Å². The maximum atomic E-state index is 12.6. The molecule has 0 saturated carbocycles. The highest BCUT2D eigenvalue weighted by Gasteiger charge is 2.35. The number of rotatable bonds is 3. The van der Waals surface area contributed by atoms with Crippen LogP contribution < -0.4 is 4.90 Å². The predicted molar refractivity (Wildman–Crippen MR) is 107 cm³/mol. The standard InChI is InChI=1S/C22H20N4O2/c1-13-8-14(2)10-16(9-13)26-12-15(11-20(26)27)21-24-22(28-25-21)18-4-3-5-19-17(18)6-7-23-19/h3-10,15,23H,11-12H2,1-2H3. The highest BCUT2D eigenvalue weighted by atomic mass is 16.5. The number of anilines is 1. The fourth-order valence-electron chi connectivity index (χ4n) is 4.02. The van der Waals surface area contributed by atoms with Gasteiger partial charge in [0.15, 0.2) is 5.82 Å². The number of nitrogens with zero attached hydrogens (tertiary/aromatic N) is 3. The lowest BCUT2D eigenvalue weighted by Gasteiger charge is -2.17. The van der Waals surface area contributed by atoms with E-state index in [4.69, 9.17) is 4.52 Å². The second kappa shape index (κ2) is 6.34. The molecule has 5 rings (SSSR count). The van der Waals surface area contributed by atoms with E-state index in [0.29, 0.717) is 24.7 Å². The number of carbonyl (C=O) groups is 1. The Morgan fingerprint density at radius 2 is 1.96 bits per heavy atom. The van der Waals surface area contributed by atoms with Crippen molar-refractivity contribution < 1.29 is 9.32 Å². The average Bonchev–Trinajstić information content (AvgIpc) is 3.39. The van der Waals surface area contributed by atoms with Crippen molar-refractivity contribution in [3.63, 3.8) is 0 Å². The first-order valence-corrected chi connectivity index (χ1v) is 9.37. The summed E-state index contributed by atoms with van der Waals surface area (Å²) in [6.45, 7) is 4.65. The number of H-pyrrole nitrogens is 1. The third-order valence-electron chi connectivity index (χ3n) is 5.28. The molecule has 2 aromatic carbocycles. The van der Waals surface area contributed by atoms with Gasteiger partial charge in [-0.05, 0) is 55.3 Å². The smallest absolute Gasteiger partial charge is 0.258 e. The van der Waals surface area contributed by atoms with Crippen molar-refractivity contribution in [3.8, 4) is 11.5 Å². The van der Waals surface area contributed by atoms with Crippen LogP contribution in [0.3, 0.4) is 0 Å². The Morgan fingerprint density at radius 3 is 2.79 bits per heavy atom. The number of amides is 1. The number of nitrogens with one attached hydrogen (secondary N) is 1. The van der Waals surface area contributed by atoms with Crippen LogP contribution in [0.4, 0.5) is 5.69 Å². The van der Waals surface area contributed by atoms with E-state index in [1.165, 1.54) is 0 Å². The Hall–Kier alpha value is -3.41. The van der Waals surface area contributed by atoms with Gasteiger partial charge in [0.2, 0.25) is 5.91 Å². The molecule has 1 aliphatic heterocycles. The first-order chi connectivity index (χ1) is 13.6. The van der Waals surface area contributed by atoms with Crippen molar-refractivity contribution in [1.29, 1.82) is 0 Å². The number of aromatic amines is 1. The van der Waals surface area contributed by atoms with Gasteiger partial charge in [0, 0.05) is 47.2 Å². The molecular weight excluding hydrogens is 352 g/mol. The molecule has 140 valence electrons. The summed E-state index contributed by atoms with van der Waals surface area (Å²) < 4.78 is 5.55. The van der Waals surface area contributed by atoms with E-state index < -0.39 is 0 Å². The number of hydrogen-bond donors (Lipinski definition) is 1. The van der Waals surface area contributed by atoms with Crippen LogP contribution in [0.1, 0.15) is 29.3 Å². The predicted octanol–water partition coefficient (Wildman–Crippen LogP) is 4.36. The van der Waals surface area contributed by atoms with Gasteiger partial charge >= 0.3 is 0 Å². The molecule has 1 amide bonds. The summed E-state index contributed by atoms with van der Waals surface area (Å²) in [6.07, 6.45) is 2.28. The second-order valence-electron chi connectivity index (χ2n) is 7.45. The number of benzene rings is 2. The lowest BCUT2D eigenvalue weighted by atomic mass is 10.1. The van der Waals surface area contributed by atoms with Crippen LogP contribution >= 0.6 is 0 Å². The normalized spacial score (nSPS) is 17.0. The molecule has 1 saturated heterocycles. The molecular formula is C22H20N4O2. The van der Waals surface area contributed by atoms with E-state index in [-0.39, 0.29) is 11.8 Å². The molecule has 0 bridgehead atoms. The van der Waals surface area contributed by atoms with Gasteiger partial charge in [-0.15, -0.1) is 0 Å². The number of aryl methyl sites for hydroxylation is 2. The fraction of sp³-hybridized carbons (Fsp3) is 0.227. The molecule has 6 heteroatoms. The molecule has 0 aliphatic carbocycles. The van der Waals surface area contributed by atoms with E-state index in [0.717, 1.165) is 33.3 Å². The molecule has 4 aromatic rings. The van der Waals surface area contributed by atoms with Crippen molar-refractivity contribution in [2.75, 3.05) is 11.4 Å². The van der Waals surface area contributed by atoms with Crippen molar-refractivity contribution in [1.82, 2.24) is 15.1 Å². The highest BCUT2D eigenvalue weighted by Crippen LogP contribution is 2.33. The third-order valence-corrected chi connectivity index (χ3v) is 5.28. The van der Waals surface area contributed by atoms with Crippen molar-refractivity contribution >= 4 is 22.5 Å². The number of aromatic nitrogens is 3. The largest absolute Gasteiger partial charge is 0.361 e. The van der Waals surface area contributed by atoms with Gasteiger partial charge in [0.1, 0.15) is 0 Å². The molecule has 2 aromatic heterocycles. The van der Waals surface area contributed by atoms with Gasteiger partial charge in [-0.3, -0.25) is 4.79 Å². The van der Waals surface area contributed by atoms with Crippen LogP contribution in [0.25, 0.3) is 22.4 Å². The molecule has 1 aliphatic rings. The summed E-state index contributed by atoms with van der Waals surface area (Å²) in [4.78, 5) is 22.3. The first-order valence-electron chi connectivity index (χ1n) is 9.37. The first kappa shape index (κ1) is 16.7. The molecule has 6 nitrogen and oxygen atoms in total. The Labute approximate surface area is 162 Å². The monoisotopic (exact) mass is 372 g/mol. The molecule has 1 N–H and O–H groups in total. The zero-order valence-corrected chi connectivity index (χ0v) is 15.8.